The smallest absolute Gasteiger partial charge is 0.275 e. The number of fused-ring (bicyclic) bond motifs is 2. The summed E-state index contributed by atoms with van der Waals surface area (Å²) in [7, 11) is 0. The largest absolute Gasteiger partial charge is 0.340 e. The van der Waals surface area contributed by atoms with Crippen molar-refractivity contribution in [2.24, 2.45) is 5.92 Å². The highest BCUT2D eigenvalue weighted by atomic mass is 16.2. The first-order valence-corrected chi connectivity index (χ1v) is 11.3. The lowest BCUT2D eigenvalue weighted by atomic mass is 9.89. The first-order chi connectivity index (χ1) is 16.0. The lowest BCUT2D eigenvalue weighted by molar-refractivity contribution is -0.133. The minimum atomic E-state index is -0.273. The number of ketones is 1. The molecule has 1 amide bonds. The van der Waals surface area contributed by atoms with Crippen molar-refractivity contribution in [3.8, 4) is 0 Å². The summed E-state index contributed by atoms with van der Waals surface area (Å²) < 4.78 is 1.24. The number of nitrogens with zero attached hydrogens (tertiary/aromatic N) is 3. The molecule has 0 aliphatic carbocycles. The Labute approximate surface area is 191 Å². The second-order valence-corrected chi connectivity index (χ2v) is 8.70. The summed E-state index contributed by atoms with van der Waals surface area (Å²) in [6.45, 7) is 2.66. The van der Waals surface area contributed by atoms with Crippen molar-refractivity contribution in [3.05, 3.63) is 88.3 Å². The Balaban J connectivity index is 1.34. The molecule has 0 bridgehead atoms. The summed E-state index contributed by atoms with van der Waals surface area (Å²) >= 11 is 0. The molecule has 1 aliphatic heterocycles. The Hall–Kier alpha value is -3.80. The van der Waals surface area contributed by atoms with E-state index in [2.05, 4.69) is 5.10 Å². The lowest BCUT2D eigenvalue weighted by Gasteiger charge is -2.32. The van der Waals surface area contributed by atoms with Gasteiger partial charge in [-0.2, -0.15) is 5.10 Å². The van der Waals surface area contributed by atoms with Gasteiger partial charge in [0.05, 0.1) is 11.1 Å². The molecule has 2 heterocycles. The Morgan fingerprint density at radius 1 is 0.970 bits per heavy atom. The number of Topliss-reactive ketones (excluding diaryl/α,β-unsaturated/α-hetero) is 1. The quantitative estimate of drug-likeness (QED) is 0.451. The van der Waals surface area contributed by atoms with Crippen LogP contribution in [-0.4, -0.2) is 39.5 Å². The maximum Gasteiger partial charge on any atom is 0.275 e. The third-order valence-corrected chi connectivity index (χ3v) is 6.52. The van der Waals surface area contributed by atoms with Crippen LogP contribution in [0.1, 0.15) is 28.9 Å². The Kier molecular flexibility index (Phi) is 5.50. The highest BCUT2D eigenvalue weighted by Crippen LogP contribution is 2.24. The molecule has 1 unspecified atom stereocenters. The predicted octanol–water partition coefficient (Wildman–Crippen LogP) is 3.98. The molecule has 1 aromatic heterocycles. The number of aromatic nitrogens is 2. The highest BCUT2D eigenvalue weighted by Gasteiger charge is 2.29. The van der Waals surface area contributed by atoms with E-state index in [0.717, 1.165) is 29.0 Å². The number of benzene rings is 3. The molecule has 1 fully saturated rings. The maximum atomic E-state index is 13.2. The molecule has 0 N–H and O–H groups in total. The van der Waals surface area contributed by atoms with Crippen molar-refractivity contribution < 1.29 is 9.59 Å². The number of carbonyl (C=O) groups excluding carboxylic acids is 2. The lowest BCUT2D eigenvalue weighted by Crippen LogP contribution is -2.45. The molecule has 3 aromatic carbocycles. The van der Waals surface area contributed by atoms with Gasteiger partial charge in [-0.1, -0.05) is 54.6 Å². The van der Waals surface area contributed by atoms with Crippen molar-refractivity contribution >= 4 is 33.2 Å². The minimum absolute atomic E-state index is 0.0649. The summed E-state index contributed by atoms with van der Waals surface area (Å²) in [5, 5.41) is 7.84. The van der Waals surface area contributed by atoms with Crippen LogP contribution in [0.25, 0.3) is 21.5 Å². The van der Waals surface area contributed by atoms with Gasteiger partial charge in [-0.15, -0.1) is 0 Å². The molecule has 1 atom stereocenters. The van der Waals surface area contributed by atoms with E-state index in [1.165, 1.54) is 4.68 Å². The number of hydrogen-bond donors (Lipinski definition) is 0. The summed E-state index contributed by atoms with van der Waals surface area (Å²) in [6.07, 6.45) is 1.51. The number of likely N-dealkylation sites (tertiary alicyclic amines) is 1. The Bertz CT molecular complexity index is 1440. The van der Waals surface area contributed by atoms with Gasteiger partial charge >= 0.3 is 0 Å². The molecule has 1 aliphatic rings. The van der Waals surface area contributed by atoms with E-state index >= 15 is 0 Å². The fourth-order valence-electron chi connectivity index (χ4n) is 4.74. The highest BCUT2D eigenvalue weighted by molar-refractivity contribution is 6.01. The molecule has 0 radical (unpaired) electrons. The summed E-state index contributed by atoms with van der Waals surface area (Å²) in [6, 6.07) is 21.0. The van der Waals surface area contributed by atoms with Crippen LogP contribution >= 0.6 is 0 Å². The number of aryl methyl sites for hydroxylation is 1. The molecular weight excluding hydrogens is 414 g/mol. The number of amides is 1. The SMILES string of the molecule is Cc1nn(CC(=O)N2CCCC(C(=O)c3ccc4ccccc4c3)C2)c(=O)c2ccccc12. The number of carbonyl (C=O) groups is 2. The fraction of sp³-hybridized carbons (Fsp3) is 0.259. The molecule has 6 nitrogen and oxygen atoms in total. The van der Waals surface area contributed by atoms with E-state index in [4.69, 9.17) is 0 Å². The van der Waals surface area contributed by atoms with E-state index in [-0.39, 0.29) is 29.7 Å². The molecule has 33 heavy (non-hydrogen) atoms. The van der Waals surface area contributed by atoms with Crippen molar-refractivity contribution in [3.63, 3.8) is 0 Å². The van der Waals surface area contributed by atoms with E-state index in [9.17, 15) is 14.4 Å². The monoisotopic (exact) mass is 439 g/mol. The molecule has 0 spiro atoms. The van der Waals surface area contributed by atoms with Gasteiger partial charge < -0.3 is 4.90 Å². The molecule has 5 rings (SSSR count). The van der Waals surface area contributed by atoms with Crippen molar-refractivity contribution in [1.82, 2.24) is 14.7 Å². The zero-order chi connectivity index (χ0) is 22.9. The molecule has 166 valence electrons. The number of hydrogen-bond acceptors (Lipinski definition) is 4. The van der Waals surface area contributed by atoms with Crippen LogP contribution in [0, 0.1) is 12.8 Å². The molecule has 4 aromatic rings. The van der Waals surface area contributed by atoms with Gasteiger partial charge in [0.15, 0.2) is 5.78 Å². The van der Waals surface area contributed by atoms with E-state index in [1.54, 1.807) is 11.0 Å². The van der Waals surface area contributed by atoms with Crippen LogP contribution in [0.3, 0.4) is 0 Å². The van der Waals surface area contributed by atoms with Crippen LogP contribution in [0.15, 0.2) is 71.5 Å². The summed E-state index contributed by atoms with van der Waals surface area (Å²) in [5.74, 6) is -0.364. The van der Waals surface area contributed by atoms with Crippen LogP contribution in [-0.2, 0) is 11.3 Å². The van der Waals surface area contributed by atoms with Gasteiger partial charge in [-0.3, -0.25) is 14.4 Å². The number of piperidine rings is 1. The maximum absolute atomic E-state index is 13.2. The summed E-state index contributed by atoms with van der Waals surface area (Å²) in [5.41, 5.74) is 1.11. The Morgan fingerprint density at radius 2 is 1.70 bits per heavy atom. The predicted molar refractivity (Wildman–Crippen MR) is 128 cm³/mol. The molecule has 0 saturated carbocycles. The average molecular weight is 440 g/mol. The summed E-state index contributed by atoms with van der Waals surface area (Å²) in [4.78, 5) is 40.8. The van der Waals surface area contributed by atoms with Gasteiger partial charge in [0.25, 0.3) is 5.56 Å². The molecular formula is C27H25N3O3. The van der Waals surface area contributed by atoms with Crippen LogP contribution in [0.5, 0.6) is 0 Å². The van der Waals surface area contributed by atoms with Crippen LogP contribution in [0.4, 0.5) is 0 Å². The standard InChI is InChI=1S/C27H25N3O3/c1-18-23-10-4-5-11-24(23)27(33)30(28-18)17-25(31)29-14-6-9-22(16-29)26(32)21-13-12-19-7-2-3-8-20(19)15-21/h2-5,7-8,10-13,15,22H,6,9,14,16-17H2,1H3. The third-order valence-electron chi connectivity index (χ3n) is 6.52. The van der Waals surface area contributed by atoms with Crippen molar-refractivity contribution in [2.75, 3.05) is 13.1 Å². The van der Waals surface area contributed by atoms with Crippen molar-refractivity contribution in [1.29, 1.82) is 0 Å². The fourth-order valence-corrected chi connectivity index (χ4v) is 4.74. The van der Waals surface area contributed by atoms with Crippen LogP contribution in [0.2, 0.25) is 0 Å². The third kappa shape index (κ3) is 4.04. The van der Waals surface area contributed by atoms with E-state index in [1.807, 2.05) is 67.6 Å². The zero-order valence-electron chi connectivity index (χ0n) is 18.5. The second-order valence-electron chi connectivity index (χ2n) is 8.70. The average Bonchev–Trinajstić information content (AvgIpc) is 2.86. The number of rotatable bonds is 4. The van der Waals surface area contributed by atoms with Gasteiger partial charge in [-0.25, -0.2) is 4.68 Å². The normalized spacial score (nSPS) is 16.3. The molecule has 6 heteroatoms. The van der Waals surface area contributed by atoms with E-state index in [0.29, 0.717) is 29.7 Å². The zero-order valence-corrected chi connectivity index (χ0v) is 18.5. The Morgan fingerprint density at radius 3 is 2.52 bits per heavy atom. The van der Waals surface area contributed by atoms with E-state index < -0.39 is 0 Å². The van der Waals surface area contributed by atoms with Gasteiger partial charge in [-0.05, 0) is 42.7 Å². The van der Waals surface area contributed by atoms with Gasteiger partial charge in [0.1, 0.15) is 6.54 Å². The first kappa shape index (κ1) is 21.1. The topological polar surface area (TPSA) is 72.3 Å². The van der Waals surface area contributed by atoms with Gasteiger partial charge in [0.2, 0.25) is 5.91 Å². The van der Waals surface area contributed by atoms with Crippen LogP contribution < -0.4 is 5.56 Å². The van der Waals surface area contributed by atoms with Gasteiger partial charge in [0, 0.05) is 30.0 Å². The first-order valence-electron chi connectivity index (χ1n) is 11.3. The van der Waals surface area contributed by atoms with Crippen molar-refractivity contribution in [2.45, 2.75) is 26.3 Å². The molecule has 1 saturated heterocycles. The second kappa shape index (κ2) is 8.62. The minimum Gasteiger partial charge on any atom is -0.340 e.